The second-order valence-electron chi connectivity index (χ2n) is 9.36. The molecule has 0 atom stereocenters. The van der Waals surface area contributed by atoms with Crippen molar-refractivity contribution in [2.24, 2.45) is 0 Å². The Hall–Kier alpha value is -3.31. The number of amides is 5. The molecule has 3 rings (SSSR count). The van der Waals surface area contributed by atoms with E-state index in [4.69, 9.17) is 4.74 Å². The molecule has 0 aromatic heterocycles. The van der Waals surface area contributed by atoms with Crippen molar-refractivity contribution in [2.45, 2.75) is 70.2 Å². The van der Waals surface area contributed by atoms with Crippen molar-refractivity contribution in [1.29, 1.82) is 0 Å². The number of halogens is 3. The molecule has 1 saturated heterocycles. The second kappa shape index (κ2) is 9.15. The SMILES string of the molecule is CC(C)(C)OC(=O)Nc1ccc(C(F)(F)F)cc1NC(=O)CCN1C(=O)NC2(CCCC2)C1=O. The molecule has 2 aliphatic rings. The fourth-order valence-corrected chi connectivity index (χ4v) is 3.97. The maximum absolute atomic E-state index is 13.2. The van der Waals surface area contributed by atoms with Crippen molar-refractivity contribution in [3.05, 3.63) is 23.8 Å². The molecule has 1 aliphatic carbocycles. The van der Waals surface area contributed by atoms with E-state index in [-0.39, 0.29) is 24.3 Å². The van der Waals surface area contributed by atoms with Gasteiger partial charge in [0.25, 0.3) is 5.91 Å². The summed E-state index contributed by atoms with van der Waals surface area (Å²) in [5.41, 5.74) is -3.20. The molecule has 186 valence electrons. The highest BCUT2D eigenvalue weighted by Crippen LogP contribution is 2.36. The van der Waals surface area contributed by atoms with Crippen LogP contribution in [0.3, 0.4) is 0 Å². The number of ether oxygens (including phenoxy) is 1. The fourth-order valence-electron chi connectivity index (χ4n) is 3.97. The number of carbonyl (C=O) groups excluding carboxylic acids is 4. The Morgan fingerprint density at radius 2 is 1.74 bits per heavy atom. The molecule has 0 unspecified atom stereocenters. The van der Waals surface area contributed by atoms with E-state index in [1.807, 2.05) is 0 Å². The molecule has 0 bridgehead atoms. The molecule has 1 saturated carbocycles. The summed E-state index contributed by atoms with van der Waals surface area (Å²) < 4.78 is 44.7. The smallest absolute Gasteiger partial charge is 0.416 e. The molecule has 1 heterocycles. The lowest BCUT2D eigenvalue weighted by Crippen LogP contribution is -2.44. The maximum atomic E-state index is 13.2. The summed E-state index contributed by atoms with van der Waals surface area (Å²) in [4.78, 5) is 50.5. The number of anilines is 2. The number of hydrogen-bond donors (Lipinski definition) is 3. The van der Waals surface area contributed by atoms with Crippen molar-refractivity contribution in [3.63, 3.8) is 0 Å². The molecule has 34 heavy (non-hydrogen) atoms. The summed E-state index contributed by atoms with van der Waals surface area (Å²) in [6.07, 6.45) is -3.25. The highest BCUT2D eigenvalue weighted by atomic mass is 19.4. The van der Waals surface area contributed by atoms with Crippen molar-refractivity contribution < 1.29 is 37.1 Å². The lowest BCUT2D eigenvalue weighted by Gasteiger charge is -2.21. The van der Waals surface area contributed by atoms with Crippen molar-refractivity contribution in [2.75, 3.05) is 17.2 Å². The van der Waals surface area contributed by atoms with Crippen molar-refractivity contribution in [3.8, 4) is 0 Å². The molecule has 9 nitrogen and oxygen atoms in total. The lowest BCUT2D eigenvalue weighted by atomic mass is 9.98. The van der Waals surface area contributed by atoms with Gasteiger partial charge in [-0.05, 0) is 51.8 Å². The van der Waals surface area contributed by atoms with Crippen LogP contribution in [-0.2, 0) is 20.5 Å². The minimum absolute atomic E-state index is 0.101. The van der Waals surface area contributed by atoms with Crippen LogP contribution in [0, 0.1) is 0 Å². The number of nitrogens with zero attached hydrogens (tertiary/aromatic N) is 1. The molecule has 0 radical (unpaired) electrons. The van der Waals surface area contributed by atoms with Gasteiger partial charge >= 0.3 is 18.3 Å². The van der Waals surface area contributed by atoms with Crippen LogP contribution in [0.25, 0.3) is 0 Å². The predicted molar refractivity (Wildman–Crippen MR) is 116 cm³/mol. The number of carbonyl (C=O) groups is 4. The number of hydrogen-bond acceptors (Lipinski definition) is 5. The third-order valence-electron chi connectivity index (χ3n) is 5.52. The van der Waals surface area contributed by atoms with Crippen LogP contribution in [0.15, 0.2) is 18.2 Å². The van der Waals surface area contributed by atoms with Crippen LogP contribution < -0.4 is 16.0 Å². The van der Waals surface area contributed by atoms with Crippen LogP contribution in [0.4, 0.5) is 34.1 Å². The van der Waals surface area contributed by atoms with E-state index in [2.05, 4.69) is 16.0 Å². The monoisotopic (exact) mass is 484 g/mol. The van der Waals surface area contributed by atoms with Crippen molar-refractivity contribution in [1.82, 2.24) is 10.2 Å². The summed E-state index contributed by atoms with van der Waals surface area (Å²) in [5, 5.41) is 7.35. The summed E-state index contributed by atoms with van der Waals surface area (Å²) in [6.45, 7) is 4.63. The minimum Gasteiger partial charge on any atom is -0.444 e. The number of imide groups is 1. The van der Waals surface area contributed by atoms with Crippen LogP contribution in [-0.4, -0.2) is 46.5 Å². The number of rotatable bonds is 5. The van der Waals surface area contributed by atoms with Gasteiger partial charge in [-0.3, -0.25) is 19.8 Å². The third kappa shape index (κ3) is 5.78. The van der Waals surface area contributed by atoms with E-state index in [1.54, 1.807) is 20.8 Å². The Balaban J connectivity index is 1.71. The van der Waals surface area contributed by atoms with Crippen molar-refractivity contribution >= 4 is 35.3 Å². The Labute approximate surface area is 194 Å². The fraction of sp³-hybridized carbons (Fsp3) is 0.545. The topological polar surface area (TPSA) is 117 Å². The van der Waals surface area contributed by atoms with Gasteiger partial charge < -0.3 is 15.4 Å². The Morgan fingerprint density at radius 1 is 1.09 bits per heavy atom. The molecule has 3 N–H and O–H groups in total. The minimum atomic E-state index is -4.68. The van der Waals surface area contributed by atoms with Crippen LogP contribution in [0.5, 0.6) is 0 Å². The Bertz CT molecular complexity index is 997. The van der Waals surface area contributed by atoms with E-state index in [0.717, 1.165) is 29.9 Å². The molecule has 5 amide bonds. The molecule has 12 heteroatoms. The lowest BCUT2D eigenvalue weighted by molar-refractivity contribution is -0.137. The normalized spacial score (nSPS) is 17.6. The zero-order valence-electron chi connectivity index (χ0n) is 19.1. The quantitative estimate of drug-likeness (QED) is 0.541. The molecule has 1 aliphatic heterocycles. The Morgan fingerprint density at radius 3 is 2.32 bits per heavy atom. The molecule has 2 fully saturated rings. The van der Waals surface area contributed by atoms with E-state index < -0.39 is 46.8 Å². The highest BCUT2D eigenvalue weighted by Gasteiger charge is 2.52. The van der Waals surface area contributed by atoms with E-state index in [0.29, 0.717) is 18.9 Å². The van der Waals surface area contributed by atoms with Gasteiger partial charge in [0.05, 0.1) is 16.9 Å². The summed E-state index contributed by atoms with van der Waals surface area (Å²) >= 11 is 0. The van der Waals surface area contributed by atoms with Crippen LogP contribution >= 0.6 is 0 Å². The van der Waals surface area contributed by atoms with Gasteiger partial charge in [0.1, 0.15) is 11.1 Å². The van der Waals surface area contributed by atoms with Gasteiger partial charge in [-0.25, -0.2) is 9.59 Å². The number of alkyl halides is 3. The largest absolute Gasteiger partial charge is 0.444 e. The molecular formula is C22H27F3N4O5. The zero-order valence-corrected chi connectivity index (χ0v) is 19.1. The zero-order chi connectivity index (χ0) is 25.3. The second-order valence-corrected chi connectivity index (χ2v) is 9.36. The summed E-state index contributed by atoms with van der Waals surface area (Å²) in [6, 6.07) is 1.86. The van der Waals surface area contributed by atoms with Gasteiger partial charge in [-0.1, -0.05) is 12.8 Å². The first kappa shape index (κ1) is 25.3. The van der Waals surface area contributed by atoms with E-state index >= 15 is 0 Å². The van der Waals surface area contributed by atoms with Gasteiger partial charge in [0.2, 0.25) is 5.91 Å². The third-order valence-corrected chi connectivity index (χ3v) is 5.52. The first-order valence-electron chi connectivity index (χ1n) is 10.9. The van der Waals surface area contributed by atoms with Crippen LogP contribution in [0.1, 0.15) is 58.4 Å². The highest BCUT2D eigenvalue weighted by molar-refractivity contribution is 6.07. The first-order valence-corrected chi connectivity index (χ1v) is 10.9. The van der Waals surface area contributed by atoms with Gasteiger partial charge in [-0.15, -0.1) is 0 Å². The summed E-state index contributed by atoms with van der Waals surface area (Å²) in [5.74, 6) is -1.13. The molecular weight excluding hydrogens is 457 g/mol. The van der Waals surface area contributed by atoms with E-state index in [9.17, 15) is 32.3 Å². The Kier molecular flexibility index (Phi) is 6.81. The number of urea groups is 1. The summed E-state index contributed by atoms with van der Waals surface area (Å²) in [7, 11) is 0. The molecule has 1 aromatic rings. The van der Waals surface area contributed by atoms with Crippen LogP contribution in [0.2, 0.25) is 0 Å². The van der Waals surface area contributed by atoms with Gasteiger partial charge in [-0.2, -0.15) is 13.2 Å². The first-order chi connectivity index (χ1) is 15.7. The van der Waals surface area contributed by atoms with E-state index in [1.165, 1.54) is 0 Å². The average Bonchev–Trinajstić information content (AvgIpc) is 3.24. The number of benzene rings is 1. The van der Waals surface area contributed by atoms with Gasteiger partial charge in [0.15, 0.2) is 0 Å². The average molecular weight is 484 g/mol. The van der Waals surface area contributed by atoms with Gasteiger partial charge in [0, 0.05) is 13.0 Å². The predicted octanol–water partition coefficient (Wildman–Crippen LogP) is 4.25. The maximum Gasteiger partial charge on any atom is 0.416 e. The molecule has 1 aromatic carbocycles. The number of nitrogens with one attached hydrogen (secondary N) is 3. The standard InChI is InChI=1S/C22H27F3N4O5/c1-20(2,3)34-19(33)27-14-7-6-13(22(23,24)25)12-15(14)26-16(30)8-11-29-17(31)21(28-18(29)32)9-4-5-10-21/h6-7,12H,4-5,8-11H2,1-3H3,(H,26,30)(H,27,33)(H,28,32). The molecule has 1 spiro atoms.